The van der Waals surface area contributed by atoms with E-state index in [-0.39, 0.29) is 32.1 Å². The molecule has 1 fully saturated rings. The third-order valence-corrected chi connectivity index (χ3v) is 2.72. The molecule has 0 spiro atoms. The average Bonchev–Trinajstić information content (AvgIpc) is 2.46. The number of carbonyl (C=O) groups excluding carboxylic acids is 2. The number of nitrogens with zero attached hydrogens (tertiary/aromatic N) is 3. The Morgan fingerprint density at radius 1 is 1.05 bits per heavy atom. The number of carbonyl (C=O) groups is 2. The van der Waals surface area contributed by atoms with Gasteiger partial charge in [-0.05, 0) is 0 Å². The van der Waals surface area contributed by atoms with E-state index < -0.39 is 12.4 Å². The topological polar surface area (TPSA) is 64.1 Å². The largest absolute Gasteiger partial charge is 0.356 e. The van der Waals surface area contributed by atoms with Gasteiger partial charge in [-0.25, -0.2) is 4.79 Å². The number of hydrogen-bond donors (Lipinski definition) is 1. The molecule has 0 aromatic carbocycles. The monoisotopic (exact) mass is 265 g/mol. The molecule has 1 saturated heterocycles. The summed E-state index contributed by atoms with van der Waals surface area (Å²) in [6, 6.07) is -0.424. The molecule has 0 radical (unpaired) electrons. The lowest BCUT2D eigenvalue weighted by molar-refractivity contribution is -0.147. The van der Waals surface area contributed by atoms with Crippen LogP contribution in [-0.2, 0) is 4.79 Å². The number of rotatable bonds is 6. The lowest BCUT2D eigenvalue weighted by atomic mass is 10.4. The van der Waals surface area contributed by atoms with Gasteiger partial charge in [-0.1, -0.05) is 18.2 Å². The Morgan fingerprint density at radius 3 is 2.11 bits per heavy atom. The number of aliphatic hydroxyl groups excluding tert-OH is 1. The molecular weight excluding hydrogens is 246 g/mol. The van der Waals surface area contributed by atoms with Gasteiger partial charge in [0.15, 0.2) is 0 Å². The van der Waals surface area contributed by atoms with Crippen LogP contribution in [-0.4, -0.2) is 64.3 Å². The van der Waals surface area contributed by atoms with E-state index in [1.165, 1.54) is 32.9 Å². The van der Waals surface area contributed by atoms with Crippen molar-refractivity contribution in [2.24, 2.45) is 0 Å². The normalized spacial score (nSPS) is 20.3. The first-order valence-corrected chi connectivity index (χ1v) is 5.92. The van der Waals surface area contributed by atoms with Crippen LogP contribution in [0.3, 0.4) is 0 Å². The van der Waals surface area contributed by atoms with Gasteiger partial charge < -0.3 is 10.0 Å². The Labute approximate surface area is 112 Å². The van der Waals surface area contributed by atoms with Gasteiger partial charge in [-0.3, -0.25) is 14.6 Å². The number of amides is 3. The summed E-state index contributed by atoms with van der Waals surface area (Å²) in [5, 5.41) is 10.2. The number of urea groups is 1. The highest BCUT2D eigenvalue weighted by molar-refractivity contribution is 5.86. The van der Waals surface area contributed by atoms with Crippen LogP contribution >= 0.6 is 0 Å². The van der Waals surface area contributed by atoms with Gasteiger partial charge in [-0.2, -0.15) is 0 Å². The minimum Gasteiger partial charge on any atom is -0.356 e. The fourth-order valence-electron chi connectivity index (χ4n) is 1.84. The predicted octanol–water partition coefficient (Wildman–Crippen LogP) is 0.387. The molecular formula is C13H19N3O3. The highest BCUT2D eigenvalue weighted by Gasteiger charge is 2.36. The molecule has 0 aliphatic carbocycles. The Hall–Kier alpha value is -2.08. The van der Waals surface area contributed by atoms with Crippen LogP contribution in [0, 0.1) is 0 Å². The molecule has 19 heavy (non-hydrogen) atoms. The minimum absolute atomic E-state index is 0.0939. The first-order valence-electron chi connectivity index (χ1n) is 5.92. The SMILES string of the molecule is C=CCN1CC(=O)N(CC=C)C(O)N(CC=C)C1=O. The maximum atomic E-state index is 12.2. The van der Waals surface area contributed by atoms with Gasteiger partial charge in [0.1, 0.15) is 6.54 Å². The molecule has 0 bridgehead atoms. The molecule has 3 amide bonds. The van der Waals surface area contributed by atoms with Crippen molar-refractivity contribution in [3.63, 3.8) is 0 Å². The lowest BCUT2D eigenvalue weighted by Crippen LogP contribution is -2.51. The summed E-state index contributed by atoms with van der Waals surface area (Å²) < 4.78 is 0. The zero-order chi connectivity index (χ0) is 14.4. The molecule has 0 aromatic heterocycles. The fourth-order valence-corrected chi connectivity index (χ4v) is 1.84. The van der Waals surface area contributed by atoms with E-state index in [0.29, 0.717) is 0 Å². The van der Waals surface area contributed by atoms with Crippen molar-refractivity contribution in [3.05, 3.63) is 38.0 Å². The van der Waals surface area contributed by atoms with Gasteiger partial charge in [0.2, 0.25) is 12.3 Å². The Balaban J connectivity index is 3.07. The van der Waals surface area contributed by atoms with Crippen LogP contribution in [0.2, 0.25) is 0 Å². The first kappa shape index (κ1) is 15.0. The van der Waals surface area contributed by atoms with Crippen molar-refractivity contribution in [2.45, 2.75) is 6.35 Å². The molecule has 0 aromatic rings. The van der Waals surface area contributed by atoms with Crippen LogP contribution in [0.5, 0.6) is 0 Å². The summed E-state index contributed by atoms with van der Waals surface area (Å²) in [6.07, 6.45) is 3.22. The van der Waals surface area contributed by atoms with Crippen molar-refractivity contribution < 1.29 is 14.7 Å². The van der Waals surface area contributed by atoms with Crippen molar-refractivity contribution in [1.29, 1.82) is 0 Å². The van der Waals surface area contributed by atoms with Crippen LogP contribution in [0.1, 0.15) is 0 Å². The molecule has 1 unspecified atom stereocenters. The quantitative estimate of drug-likeness (QED) is 0.706. The van der Waals surface area contributed by atoms with E-state index in [0.717, 1.165) is 0 Å². The summed E-state index contributed by atoms with van der Waals surface area (Å²) in [5.41, 5.74) is 0. The molecule has 1 aliphatic rings. The van der Waals surface area contributed by atoms with E-state index >= 15 is 0 Å². The smallest absolute Gasteiger partial charge is 0.324 e. The van der Waals surface area contributed by atoms with Crippen molar-refractivity contribution in [2.75, 3.05) is 26.2 Å². The minimum atomic E-state index is -1.31. The van der Waals surface area contributed by atoms with Crippen LogP contribution in [0.4, 0.5) is 4.79 Å². The third kappa shape index (κ3) is 3.23. The average molecular weight is 265 g/mol. The molecule has 0 saturated carbocycles. The van der Waals surface area contributed by atoms with E-state index in [4.69, 9.17) is 0 Å². The fraction of sp³-hybridized carbons (Fsp3) is 0.385. The maximum Gasteiger partial charge on any atom is 0.324 e. The molecule has 1 atom stereocenters. The van der Waals surface area contributed by atoms with E-state index in [9.17, 15) is 14.7 Å². The molecule has 6 nitrogen and oxygen atoms in total. The Kier molecular flexibility index (Phi) is 5.32. The van der Waals surface area contributed by atoms with Crippen molar-refractivity contribution in [3.8, 4) is 0 Å². The van der Waals surface area contributed by atoms with Gasteiger partial charge >= 0.3 is 6.03 Å². The summed E-state index contributed by atoms with van der Waals surface area (Å²) >= 11 is 0. The lowest BCUT2D eigenvalue weighted by Gasteiger charge is -2.32. The standard InChI is InChI=1S/C13H19N3O3/c1-4-7-14-10-11(17)15(8-5-2)13(19)16(9-6-3)12(14)18/h4-6,13,19H,1-3,7-10H2. The van der Waals surface area contributed by atoms with E-state index in [1.807, 2.05) is 0 Å². The van der Waals surface area contributed by atoms with Crippen molar-refractivity contribution >= 4 is 11.9 Å². The molecule has 1 heterocycles. The maximum absolute atomic E-state index is 12.2. The molecule has 104 valence electrons. The third-order valence-electron chi connectivity index (χ3n) is 2.72. The predicted molar refractivity (Wildman–Crippen MR) is 72.0 cm³/mol. The Bertz CT molecular complexity index is 395. The summed E-state index contributed by atoms with van der Waals surface area (Å²) in [6.45, 7) is 11.1. The highest BCUT2D eigenvalue weighted by Crippen LogP contribution is 2.14. The second-order valence-corrected chi connectivity index (χ2v) is 4.07. The van der Waals surface area contributed by atoms with Crippen molar-refractivity contribution in [1.82, 2.24) is 14.7 Å². The van der Waals surface area contributed by atoms with Crippen LogP contribution in [0.15, 0.2) is 38.0 Å². The van der Waals surface area contributed by atoms with Gasteiger partial charge in [0, 0.05) is 19.6 Å². The molecule has 1 N–H and O–H groups in total. The van der Waals surface area contributed by atoms with Crippen LogP contribution < -0.4 is 0 Å². The van der Waals surface area contributed by atoms with E-state index in [2.05, 4.69) is 19.7 Å². The van der Waals surface area contributed by atoms with Gasteiger partial charge in [-0.15, -0.1) is 19.7 Å². The first-order chi connectivity index (χ1) is 9.06. The van der Waals surface area contributed by atoms with E-state index in [1.54, 1.807) is 0 Å². The number of aliphatic hydroxyl groups is 1. The second kappa shape index (κ2) is 6.75. The van der Waals surface area contributed by atoms with Gasteiger partial charge in [0.25, 0.3) is 0 Å². The molecule has 1 aliphatic heterocycles. The molecule has 6 heteroatoms. The van der Waals surface area contributed by atoms with Crippen LogP contribution in [0.25, 0.3) is 0 Å². The zero-order valence-corrected chi connectivity index (χ0v) is 10.9. The zero-order valence-electron chi connectivity index (χ0n) is 10.9. The second-order valence-electron chi connectivity index (χ2n) is 4.07. The number of hydrogen-bond acceptors (Lipinski definition) is 3. The summed E-state index contributed by atoms with van der Waals surface area (Å²) in [5.74, 6) is -0.339. The highest BCUT2D eigenvalue weighted by atomic mass is 16.3. The Morgan fingerprint density at radius 2 is 1.58 bits per heavy atom. The molecule has 1 rings (SSSR count). The summed E-state index contributed by atoms with van der Waals surface area (Å²) in [4.78, 5) is 27.9. The summed E-state index contributed by atoms with van der Waals surface area (Å²) in [7, 11) is 0. The van der Waals surface area contributed by atoms with Gasteiger partial charge in [0.05, 0.1) is 0 Å².